The van der Waals surface area contributed by atoms with Crippen LogP contribution in [0, 0.1) is 0 Å². The second-order valence-electron chi connectivity index (χ2n) is 7.13. The van der Waals surface area contributed by atoms with Crippen molar-refractivity contribution in [2.24, 2.45) is 5.73 Å². The van der Waals surface area contributed by atoms with Gasteiger partial charge >= 0.3 is 0 Å². The summed E-state index contributed by atoms with van der Waals surface area (Å²) in [4.78, 5) is 9.20. The van der Waals surface area contributed by atoms with Gasteiger partial charge in [-0.25, -0.2) is 9.97 Å². The standard InChI is InChI=1S/C22H23ClN4O2/c1-2-16(24)11-25-22-18(13-3-6-20-14(9-13)7-8-29-20)12-26-21(27-22)17-10-15(23)4-5-19(17)28/h3-5,7-10,12,16,20,28H,2,6,11,24H2,1H3,(H,25,26,27). The zero-order chi connectivity index (χ0) is 20.4. The van der Waals surface area contributed by atoms with Crippen LogP contribution in [0.5, 0.6) is 5.75 Å². The van der Waals surface area contributed by atoms with Gasteiger partial charge in [-0.05, 0) is 47.9 Å². The number of fused-ring (bicyclic) bond motifs is 1. The number of allylic oxidation sites excluding steroid dienone is 2. The molecule has 1 aliphatic carbocycles. The van der Waals surface area contributed by atoms with Crippen LogP contribution in [-0.4, -0.2) is 33.8 Å². The van der Waals surface area contributed by atoms with Gasteiger partial charge in [0, 0.05) is 35.8 Å². The van der Waals surface area contributed by atoms with Crippen LogP contribution < -0.4 is 11.1 Å². The van der Waals surface area contributed by atoms with Crippen LogP contribution >= 0.6 is 11.6 Å². The minimum atomic E-state index is 0.00933. The number of nitrogens with two attached hydrogens (primary N) is 1. The topological polar surface area (TPSA) is 93.3 Å². The molecule has 4 rings (SSSR count). The molecule has 0 saturated carbocycles. The van der Waals surface area contributed by atoms with E-state index in [1.54, 1.807) is 24.6 Å². The van der Waals surface area contributed by atoms with E-state index in [2.05, 4.69) is 22.5 Å². The van der Waals surface area contributed by atoms with Crippen LogP contribution in [0.3, 0.4) is 0 Å². The van der Waals surface area contributed by atoms with Gasteiger partial charge in [0.1, 0.15) is 17.7 Å². The normalized spacial score (nSPS) is 18.5. The van der Waals surface area contributed by atoms with E-state index in [0.29, 0.717) is 28.8 Å². The highest BCUT2D eigenvalue weighted by Crippen LogP contribution is 2.35. The van der Waals surface area contributed by atoms with Gasteiger partial charge in [0.05, 0.1) is 11.8 Å². The van der Waals surface area contributed by atoms with Crippen LogP contribution in [0.4, 0.5) is 5.82 Å². The summed E-state index contributed by atoms with van der Waals surface area (Å²) in [5.41, 5.74) is 9.62. The first kappa shape index (κ1) is 19.5. The van der Waals surface area contributed by atoms with E-state index < -0.39 is 0 Å². The fourth-order valence-corrected chi connectivity index (χ4v) is 3.48. The molecule has 150 valence electrons. The number of hydrogen-bond donors (Lipinski definition) is 3. The van der Waals surface area contributed by atoms with Crippen molar-refractivity contribution in [3.05, 3.63) is 65.0 Å². The Labute approximate surface area is 174 Å². The molecule has 2 unspecified atom stereocenters. The molecule has 0 radical (unpaired) electrons. The van der Waals surface area contributed by atoms with Gasteiger partial charge in [0.15, 0.2) is 5.82 Å². The fourth-order valence-electron chi connectivity index (χ4n) is 3.31. The third-order valence-corrected chi connectivity index (χ3v) is 5.34. The predicted molar refractivity (Wildman–Crippen MR) is 116 cm³/mol. The van der Waals surface area contributed by atoms with Crippen molar-refractivity contribution < 1.29 is 9.84 Å². The van der Waals surface area contributed by atoms with Crippen molar-refractivity contribution in [2.75, 3.05) is 11.9 Å². The summed E-state index contributed by atoms with van der Waals surface area (Å²) < 4.78 is 5.57. The van der Waals surface area contributed by atoms with Crippen molar-refractivity contribution in [3.8, 4) is 17.1 Å². The van der Waals surface area contributed by atoms with E-state index in [1.165, 1.54) is 6.07 Å². The Balaban J connectivity index is 1.73. The van der Waals surface area contributed by atoms with E-state index in [1.807, 2.05) is 13.0 Å². The molecule has 2 aliphatic rings. The molecule has 1 aromatic carbocycles. The van der Waals surface area contributed by atoms with Gasteiger partial charge in [0.2, 0.25) is 0 Å². The third-order valence-electron chi connectivity index (χ3n) is 5.10. The van der Waals surface area contributed by atoms with E-state index in [-0.39, 0.29) is 17.9 Å². The molecule has 2 heterocycles. The first-order chi connectivity index (χ1) is 14.0. The molecule has 0 bridgehead atoms. The molecule has 1 aromatic heterocycles. The Hall–Kier alpha value is -2.83. The lowest BCUT2D eigenvalue weighted by atomic mass is 9.94. The molecule has 0 fully saturated rings. The molecule has 1 aliphatic heterocycles. The number of hydrogen-bond acceptors (Lipinski definition) is 6. The van der Waals surface area contributed by atoms with Gasteiger partial charge < -0.3 is 20.9 Å². The second-order valence-corrected chi connectivity index (χ2v) is 7.57. The van der Waals surface area contributed by atoms with Gasteiger partial charge in [-0.15, -0.1) is 0 Å². The number of aromatic hydroxyl groups is 1. The lowest BCUT2D eigenvalue weighted by Gasteiger charge is -2.20. The molecule has 6 nitrogen and oxygen atoms in total. The smallest absolute Gasteiger partial charge is 0.165 e. The average Bonchev–Trinajstić information content (AvgIpc) is 3.21. The first-order valence-corrected chi connectivity index (χ1v) is 10.0. The van der Waals surface area contributed by atoms with Crippen LogP contribution in [0.15, 0.2) is 54.5 Å². The molecule has 7 heteroatoms. The molecule has 0 amide bonds. The number of halogens is 1. The number of rotatable bonds is 6. The summed E-state index contributed by atoms with van der Waals surface area (Å²) in [7, 11) is 0. The van der Waals surface area contributed by atoms with Crippen molar-refractivity contribution in [3.63, 3.8) is 0 Å². The van der Waals surface area contributed by atoms with Crippen molar-refractivity contribution in [1.29, 1.82) is 0 Å². The van der Waals surface area contributed by atoms with Gasteiger partial charge in [-0.3, -0.25) is 0 Å². The Morgan fingerprint density at radius 2 is 2.24 bits per heavy atom. The van der Waals surface area contributed by atoms with Crippen molar-refractivity contribution in [2.45, 2.75) is 31.9 Å². The largest absolute Gasteiger partial charge is 0.507 e. The molecular weight excluding hydrogens is 388 g/mol. The lowest BCUT2D eigenvalue weighted by molar-refractivity contribution is 0.199. The first-order valence-electron chi connectivity index (χ1n) is 9.64. The maximum absolute atomic E-state index is 10.2. The monoisotopic (exact) mass is 410 g/mol. The van der Waals surface area contributed by atoms with Gasteiger partial charge in [-0.1, -0.05) is 24.6 Å². The van der Waals surface area contributed by atoms with Gasteiger partial charge in [-0.2, -0.15) is 0 Å². The zero-order valence-electron chi connectivity index (χ0n) is 16.1. The Morgan fingerprint density at radius 1 is 1.38 bits per heavy atom. The molecule has 4 N–H and O–H groups in total. The zero-order valence-corrected chi connectivity index (χ0v) is 16.9. The maximum Gasteiger partial charge on any atom is 0.165 e. The van der Waals surface area contributed by atoms with Crippen LogP contribution in [-0.2, 0) is 4.74 Å². The minimum Gasteiger partial charge on any atom is -0.507 e. The number of benzene rings is 1. The second kappa shape index (κ2) is 8.27. The maximum atomic E-state index is 10.2. The molecule has 29 heavy (non-hydrogen) atoms. The van der Waals surface area contributed by atoms with Crippen molar-refractivity contribution >= 4 is 23.0 Å². The van der Waals surface area contributed by atoms with E-state index >= 15 is 0 Å². The summed E-state index contributed by atoms with van der Waals surface area (Å²) in [6.07, 6.45) is 11.4. The predicted octanol–water partition coefficient (Wildman–Crippen LogP) is 4.28. The average molecular weight is 411 g/mol. The Bertz CT molecular complexity index is 1020. The number of phenolic OH excluding ortho intramolecular Hbond substituents is 1. The van der Waals surface area contributed by atoms with E-state index in [4.69, 9.17) is 27.1 Å². The number of anilines is 1. The number of ether oxygens (including phenoxy) is 1. The van der Waals surface area contributed by atoms with E-state index in [9.17, 15) is 5.11 Å². The van der Waals surface area contributed by atoms with Gasteiger partial charge in [0.25, 0.3) is 0 Å². The SMILES string of the molecule is CCC(N)CNc1nc(-c2cc(Cl)ccc2O)ncc1C1=CCC2OC=CC2=C1. The number of nitrogens with zero attached hydrogens (tertiary/aromatic N) is 2. The molecular formula is C22H23ClN4O2. The number of aromatic nitrogens is 2. The minimum absolute atomic E-state index is 0.00933. The highest BCUT2D eigenvalue weighted by molar-refractivity contribution is 6.30. The molecule has 0 saturated heterocycles. The summed E-state index contributed by atoms with van der Waals surface area (Å²) in [6.45, 7) is 2.63. The summed E-state index contributed by atoms with van der Waals surface area (Å²) >= 11 is 6.10. The molecule has 2 atom stereocenters. The van der Waals surface area contributed by atoms with Crippen LogP contribution in [0.25, 0.3) is 17.0 Å². The quantitative estimate of drug-likeness (QED) is 0.658. The highest BCUT2D eigenvalue weighted by atomic mass is 35.5. The Morgan fingerprint density at radius 3 is 3.07 bits per heavy atom. The molecule has 2 aromatic rings. The summed E-state index contributed by atoms with van der Waals surface area (Å²) in [5, 5.41) is 14.1. The number of nitrogens with one attached hydrogen (secondary N) is 1. The van der Waals surface area contributed by atoms with Crippen LogP contribution in [0.2, 0.25) is 5.02 Å². The summed E-state index contributed by atoms with van der Waals surface area (Å²) in [5.74, 6) is 1.14. The number of phenols is 1. The van der Waals surface area contributed by atoms with Crippen molar-refractivity contribution in [1.82, 2.24) is 9.97 Å². The van der Waals surface area contributed by atoms with Crippen LogP contribution in [0.1, 0.15) is 25.3 Å². The fraction of sp³-hybridized carbons (Fsp3) is 0.273. The highest BCUT2D eigenvalue weighted by Gasteiger charge is 2.23. The Kier molecular flexibility index (Phi) is 5.56. The lowest BCUT2D eigenvalue weighted by Crippen LogP contribution is -2.28. The summed E-state index contributed by atoms with van der Waals surface area (Å²) in [6, 6.07) is 4.83. The van der Waals surface area contributed by atoms with E-state index in [0.717, 1.165) is 29.6 Å². The third kappa shape index (κ3) is 4.13. The molecule has 0 spiro atoms.